The quantitative estimate of drug-likeness (QED) is 0.701. The molecule has 0 unspecified atom stereocenters. The van der Waals surface area contributed by atoms with Gasteiger partial charge in [0.1, 0.15) is 11.6 Å². The van der Waals surface area contributed by atoms with Gasteiger partial charge in [-0.2, -0.15) is 0 Å². The van der Waals surface area contributed by atoms with Gasteiger partial charge in [-0.05, 0) is 29.3 Å². The van der Waals surface area contributed by atoms with Crippen molar-refractivity contribution in [2.45, 2.75) is 6.42 Å². The van der Waals surface area contributed by atoms with E-state index in [4.69, 9.17) is 0 Å². The van der Waals surface area contributed by atoms with Gasteiger partial charge in [0, 0.05) is 6.42 Å². The van der Waals surface area contributed by atoms with Crippen LogP contribution in [-0.4, -0.2) is 0 Å². The smallest absolute Gasteiger partial charge is 0.126 e. The van der Waals surface area contributed by atoms with Crippen molar-refractivity contribution < 1.29 is 8.78 Å². The van der Waals surface area contributed by atoms with Crippen molar-refractivity contribution in [3.05, 3.63) is 71.3 Å². The summed E-state index contributed by atoms with van der Waals surface area (Å²) in [5.74, 6) is -0.492. The fourth-order valence-electron chi connectivity index (χ4n) is 1.46. The molecule has 0 nitrogen and oxygen atoms in total. The molecule has 0 bridgehead atoms. The molecule has 0 radical (unpaired) electrons. The van der Waals surface area contributed by atoms with Gasteiger partial charge in [-0.15, -0.1) is 0 Å². The maximum Gasteiger partial charge on any atom is 0.126 e. The molecule has 0 saturated carbocycles. The summed E-state index contributed by atoms with van der Waals surface area (Å²) in [5, 5.41) is 0. The van der Waals surface area contributed by atoms with Crippen LogP contribution in [0.4, 0.5) is 8.78 Å². The summed E-state index contributed by atoms with van der Waals surface area (Å²) in [6.07, 6.45) is 0.493. The molecule has 0 N–H and O–H groups in total. The lowest BCUT2D eigenvalue weighted by atomic mass is 10.0. The lowest BCUT2D eigenvalue weighted by molar-refractivity contribution is 0.613. The highest BCUT2D eigenvalue weighted by Crippen LogP contribution is 2.13. The van der Waals surface area contributed by atoms with Crippen molar-refractivity contribution in [2.24, 2.45) is 0 Å². The van der Waals surface area contributed by atoms with Crippen molar-refractivity contribution in [2.75, 3.05) is 0 Å². The molecule has 0 aliphatic rings. The maximum atomic E-state index is 13.3. The first kappa shape index (κ1) is 9.84. The molecular formula is C13H10F2. The third kappa shape index (κ3) is 2.40. The SMILES string of the molecule is Fc1ccc(Cc2ccccc2F)cc1. The van der Waals surface area contributed by atoms with Gasteiger partial charge in [0.05, 0.1) is 0 Å². The summed E-state index contributed by atoms with van der Waals surface area (Å²) in [6, 6.07) is 12.7. The second kappa shape index (κ2) is 4.22. The Morgan fingerprint density at radius 2 is 1.47 bits per heavy atom. The van der Waals surface area contributed by atoms with E-state index in [0.29, 0.717) is 12.0 Å². The minimum Gasteiger partial charge on any atom is -0.207 e. The van der Waals surface area contributed by atoms with Crippen molar-refractivity contribution in [3.63, 3.8) is 0 Å². The molecule has 0 amide bonds. The van der Waals surface area contributed by atoms with E-state index >= 15 is 0 Å². The van der Waals surface area contributed by atoms with Gasteiger partial charge in [0.15, 0.2) is 0 Å². The van der Waals surface area contributed by atoms with E-state index in [9.17, 15) is 8.78 Å². The van der Waals surface area contributed by atoms with Crippen molar-refractivity contribution in [1.82, 2.24) is 0 Å². The molecule has 2 aromatic rings. The molecule has 76 valence electrons. The fraction of sp³-hybridized carbons (Fsp3) is 0.0769. The van der Waals surface area contributed by atoms with E-state index in [1.54, 1.807) is 30.3 Å². The predicted octanol–water partition coefficient (Wildman–Crippen LogP) is 3.56. The van der Waals surface area contributed by atoms with Gasteiger partial charge in [-0.1, -0.05) is 30.3 Å². The Hall–Kier alpha value is -1.70. The van der Waals surface area contributed by atoms with Gasteiger partial charge in [-0.3, -0.25) is 0 Å². The van der Waals surface area contributed by atoms with Crippen LogP contribution in [0.1, 0.15) is 11.1 Å². The van der Waals surface area contributed by atoms with Crippen LogP contribution in [0.25, 0.3) is 0 Å². The molecule has 0 heterocycles. The summed E-state index contributed by atoms with van der Waals surface area (Å²) in [7, 11) is 0. The zero-order chi connectivity index (χ0) is 10.7. The van der Waals surface area contributed by atoms with Crippen LogP contribution in [0.3, 0.4) is 0 Å². The van der Waals surface area contributed by atoms with Crippen molar-refractivity contribution in [3.8, 4) is 0 Å². The zero-order valence-corrected chi connectivity index (χ0v) is 8.08. The van der Waals surface area contributed by atoms with E-state index in [1.807, 2.05) is 0 Å². The predicted molar refractivity (Wildman–Crippen MR) is 55.6 cm³/mol. The van der Waals surface area contributed by atoms with Crippen molar-refractivity contribution in [1.29, 1.82) is 0 Å². The highest BCUT2D eigenvalue weighted by atomic mass is 19.1. The second-order valence-corrected chi connectivity index (χ2v) is 3.39. The molecule has 0 spiro atoms. The number of halogens is 2. The summed E-state index contributed by atoms with van der Waals surface area (Å²) in [4.78, 5) is 0. The Bertz CT molecular complexity index is 446. The first-order valence-electron chi connectivity index (χ1n) is 4.73. The lowest BCUT2D eigenvalue weighted by Gasteiger charge is -2.02. The van der Waals surface area contributed by atoms with Gasteiger partial charge < -0.3 is 0 Å². The maximum absolute atomic E-state index is 13.3. The Kier molecular flexibility index (Phi) is 2.77. The fourth-order valence-corrected chi connectivity index (χ4v) is 1.46. The highest BCUT2D eigenvalue weighted by molar-refractivity contribution is 5.27. The van der Waals surface area contributed by atoms with Crippen LogP contribution < -0.4 is 0 Å². The third-order valence-electron chi connectivity index (χ3n) is 2.27. The van der Waals surface area contributed by atoms with E-state index in [0.717, 1.165) is 5.56 Å². The summed E-state index contributed by atoms with van der Waals surface area (Å²) in [6.45, 7) is 0. The van der Waals surface area contributed by atoms with Gasteiger partial charge in [0.2, 0.25) is 0 Å². The third-order valence-corrected chi connectivity index (χ3v) is 2.27. The normalized spacial score (nSPS) is 10.3. The Balaban J connectivity index is 2.22. The molecule has 15 heavy (non-hydrogen) atoms. The van der Waals surface area contributed by atoms with Crippen LogP contribution in [-0.2, 0) is 6.42 Å². The van der Waals surface area contributed by atoms with Crippen LogP contribution in [0.15, 0.2) is 48.5 Å². The van der Waals surface area contributed by atoms with Crippen LogP contribution in [0.5, 0.6) is 0 Å². The number of hydrogen-bond donors (Lipinski definition) is 0. The summed E-state index contributed by atoms with van der Waals surface area (Å²) in [5.41, 5.74) is 1.53. The minimum absolute atomic E-state index is 0.221. The average Bonchev–Trinajstić information content (AvgIpc) is 2.25. The molecule has 0 saturated heterocycles. The van der Waals surface area contributed by atoms with Crippen LogP contribution in [0.2, 0.25) is 0 Å². The molecule has 0 aliphatic carbocycles. The van der Waals surface area contributed by atoms with E-state index in [1.165, 1.54) is 18.2 Å². The molecule has 0 aromatic heterocycles. The Labute approximate surface area is 87.2 Å². The summed E-state index contributed by atoms with van der Waals surface area (Å²) >= 11 is 0. The Morgan fingerprint density at radius 3 is 2.13 bits per heavy atom. The first-order valence-corrected chi connectivity index (χ1v) is 4.73. The molecule has 2 heteroatoms. The van der Waals surface area contributed by atoms with E-state index in [-0.39, 0.29) is 11.6 Å². The molecular weight excluding hydrogens is 194 g/mol. The number of hydrogen-bond acceptors (Lipinski definition) is 0. The molecule has 0 fully saturated rings. The zero-order valence-electron chi connectivity index (χ0n) is 8.08. The van der Waals surface area contributed by atoms with Crippen LogP contribution >= 0.6 is 0 Å². The molecule has 0 atom stereocenters. The van der Waals surface area contributed by atoms with Crippen molar-refractivity contribution >= 4 is 0 Å². The van der Waals surface area contributed by atoms with Gasteiger partial charge in [-0.25, -0.2) is 8.78 Å². The average molecular weight is 204 g/mol. The second-order valence-electron chi connectivity index (χ2n) is 3.39. The minimum atomic E-state index is -0.271. The number of rotatable bonds is 2. The molecule has 2 aromatic carbocycles. The molecule has 2 rings (SSSR count). The van der Waals surface area contributed by atoms with Gasteiger partial charge in [0.25, 0.3) is 0 Å². The van der Waals surface area contributed by atoms with Gasteiger partial charge >= 0.3 is 0 Å². The Morgan fingerprint density at radius 1 is 0.800 bits per heavy atom. The topological polar surface area (TPSA) is 0 Å². The lowest BCUT2D eigenvalue weighted by Crippen LogP contribution is -1.91. The standard InChI is InChI=1S/C13H10F2/c14-12-7-5-10(6-8-12)9-11-3-1-2-4-13(11)15/h1-8H,9H2. The van der Waals surface area contributed by atoms with E-state index < -0.39 is 0 Å². The highest BCUT2D eigenvalue weighted by Gasteiger charge is 2.01. The summed E-state index contributed by atoms with van der Waals surface area (Å²) < 4.78 is 25.9. The van der Waals surface area contributed by atoms with Crippen LogP contribution in [0, 0.1) is 11.6 Å². The largest absolute Gasteiger partial charge is 0.207 e. The molecule has 0 aliphatic heterocycles. The number of benzene rings is 2. The first-order chi connectivity index (χ1) is 7.25. The monoisotopic (exact) mass is 204 g/mol. The van der Waals surface area contributed by atoms with E-state index in [2.05, 4.69) is 0 Å².